The van der Waals surface area contributed by atoms with Gasteiger partial charge in [-0.3, -0.25) is 14.5 Å². The van der Waals surface area contributed by atoms with Crippen LogP contribution in [0.2, 0.25) is 5.02 Å². The standard InChI is InChI=1S/C13H12ClIN2O2/c14-9-5-8(15)3-4-10(9)17-6-11(18)16-12(13(17)19)7-1-2-7/h3-5,7,12H,1-2,6H2,(H,16,18). The molecule has 1 atom stereocenters. The van der Waals surface area contributed by atoms with Gasteiger partial charge in [0.15, 0.2) is 0 Å². The minimum absolute atomic E-state index is 0.0440. The number of anilines is 1. The predicted octanol–water partition coefficient (Wildman–Crippen LogP) is 2.19. The van der Waals surface area contributed by atoms with Crippen LogP contribution in [0.4, 0.5) is 5.69 Å². The van der Waals surface area contributed by atoms with Crippen molar-refractivity contribution in [1.82, 2.24) is 5.32 Å². The van der Waals surface area contributed by atoms with Crippen LogP contribution in [0.3, 0.4) is 0 Å². The first-order valence-corrected chi connectivity index (χ1v) is 7.58. The van der Waals surface area contributed by atoms with Crippen molar-refractivity contribution in [1.29, 1.82) is 0 Å². The van der Waals surface area contributed by atoms with E-state index >= 15 is 0 Å². The molecule has 1 heterocycles. The van der Waals surface area contributed by atoms with Gasteiger partial charge in [0.05, 0.1) is 10.7 Å². The Morgan fingerprint density at radius 3 is 2.68 bits per heavy atom. The van der Waals surface area contributed by atoms with Crippen molar-refractivity contribution in [2.45, 2.75) is 18.9 Å². The quantitative estimate of drug-likeness (QED) is 0.787. The smallest absolute Gasteiger partial charge is 0.250 e. The molecule has 0 spiro atoms. The molecular weight excluding hydrogens is 379 g/mol. The molecule has 0 aromatic heterocycles. The number of nitrogens with zero attached hydrogens (tertiary/aromatic N) is 1. The van der Waals surface area contributed by atoms with Crippen LogP contribution in [-0.4, -0.2) is 24.4 Å². The van der Waals surface area contributed by atoms with Crippen LogP contribution in [0.1, 0.15) is 12.8 Å². The van der Waals surface area contributed by atoms with E-state index in [4.69, 9.17) is 11.6 Å². The first-order valence-electron chi connectivity index (χ1n) is 6.12. The van der Waals surface area contributed by atoms with Gasteiger partial charge in [0, 0.05) is 3.57 Å². The summed E-state index contributed by atoms with van der Waals surface area (Å²) < 4.78 is 0.999. The number of piperazine rings is 1. The van der Waals surface area contributed by atoms with E-state index in [1.165, 1.54) is 4.90 Å². The Balaban J connectivity index is 1.93. The normalized spacial score (nSPS) is 23.5. The summed E-state index contributed by atoms with van der Waals surface area (Å²) in [5, 5.41) is 3.29. The zero-order valence-corrected chi connectivity index (χ0v) is 12.9. The van der Waals surface area contributed by atoms with Gasteiger partial charge in [0.1, 0.15) is 12.6 Å². The van der Waals surface area contributed by atoms with Crippen molar-refractivity contribution in [3.8, 4) is 0 Å². The van der Waals surface area contributed by atoms with Crippen molar-refractivity contribution in [3.63, 3.8) is 0 Å². The summed E-state index contributed by atoms with van der Waals surface area (Å²) in [7, 11) is 0. The molecule has 3 rings (SSSR count). The first kappa shape index (κ1) is 13.2. The van der Waals surface area contributed by atoms with E-state index in [9.17, 15) is 9.59 Å². The second kappa shape index (κ2) is 4.94. The van der Waals surface area contributed by atoms with Gasteiger partial charge in [-0.1, -0.05) is 11.6 Å². The Labute approximate surface area is 129 Å². The van der Waals surface area contributed by atoms with Crippen molar-refractivity contribution < 1.29 is 9.59 Å². The van der Waals surface area contributed by atoms with E-state index in [0.717, 1.165) is 16.4 Å². The van der Waals surface area contributed by atoms with Gasteiger partial charge in [0.25, 0.3) is 0 Å². The number of benzene rings is 1. The molecule has 1 aliphatic carbocycles. The lowest BCUT2D eigenvalue weighted by Crippen LogP contribution is -2.59. The van der Waals surface area contributed by atoms with Gasteiger partial charge in [-0.2, -0.15) is 0 Å². The van der Waals surface area contributed by atoms with E-state index in [1.807, 2.05) is 6.07 Å². The Morgan fingerprint density at radius 2 is 2.05 bits per heavy atom. The number of halogens is 2. The largest absolute Gasteiger partial charge is 0.342 e. The highest BCUT2D eigenvalue weighted by atomic mass is 127. The summed E-state index contributed by atoms with van der Waals surface area (Å²) in [6, 6.07) is 5.10. The molecule has 2 fully saturated rings. The lowest BCUT2D eigenvalue weighted by atomic mass is 10.1. The fraction of sp³-hybridized carbons (Fsp3) is 0.385. The summed E-state index contributed by atoms with van der Waals surface area (Å²) in [6.07, 6.45) is 2.01. The third-order valence-electron chi connectivity index (χ3n) is 3.44. The highest BCUT2D eigenvalue weighted by Gasteiger charge is 2.43. The van der Waals surface area contributed by atoms with Crippen LogP contribution in [-0.2, 0) is 9.59 Å². The van der Waals surface area contributed by atoms with Crippen molar-refractivity contribution in [3.05, 3.63) is 26.8 Å². The summed E-state index contributed by atoms with van der Waals surface area (Å²) in [4.78, 5) is 25.7. The zero-order valence-electron chi connectivity index (χ0n) is 10.0. The number of carbonyl (C=O) groups is 2. The molecule has 2 amide bonds. The maximum atomic E-state index is 12.4. The number of amides is 2. The zero-order chi connectivity index (χ0) is 13.6. The third-order valence-corrected chi connectivity index (χ3v) is 4.42. The lowest BCUT2D eigenvalue weighted by Gasteiger charge is -2.33. The molecule has 1 aromatic rings. The maximum absolute atomic E-state index is 12.4. The summed E-state index contributed by atoms with van der Waals surface area (Å²) >= 11 is 8.35. The molecule has 0 radical (unpaired) electrons. The van der Waals surface area contributed by atoms with Gasteiger partial charge in [0.2, 0.25) is 11.8 Å². The molecule has 6 heteroatoms. The topological polar surface area (TPSA) is 49.4 Å². The average molecular weight is 391 g/mol. The Bertz CT molecular complexity index is 560. The number of nitrogens with one attached hydrogen (secondary N) is 1. The Hall–Kier alpha value is -0.820. The van der Waals surface area contributed by atoms with E-state index in [-0.39, 0.29) is 24.4 Å². The Kier molecular flexibility index (Phi) is 3.42. The van der Waals surface area contributed by atoms with Gasteiger partial charge in [-0.05, 0) is 59.5 Å². The van der Waals surface area contributed by atoms with Gasteiger partial charge >= 0.3 is 0 Å². The van der Waals surface area contributed by atoms with Gasteiger partial charge < -0.3 is 5.32 Å². The second-order valence-electron chi connectivity index (χ2n) is 4.90. The minimum atomic E-state index is -0.378. The van der Waals surface area contributed by atoms with Crippen molar-refractivity contribution in [2.75, 3.05) is 11.4 Å². The van der Waals surface area contributed by atoms with Crippen LogP contribution in [0, 0.1) is 9.49 Å². The average Bonchev–Trinajstić information content (AvgIpc) is 3.16. The number of hydrogen-bond donors (Lipinski definition) is 1. The predicted molar refractivity (Wildman–Crippen MR) is 81.2 cm³/mol. The third kappa shape index (κ3) is 2.58. The SMILES string of the molecule is O=C1CN(c2ccc(I)cc2Cl)C(=O)C(C2CC2)N1. The molecule has 4 nitrogen and oxygen atoms in total. The molecule has 1 saturated carbocycles. The van der Waals surface area contributed by atoms with E-state index < -0.39 is 0 Å². The van der Waals surface area contributed by atoms with E-state index in [2.05, 4.69) is 27.9 Å². The van der Waals surface area contributed by atoms with Crippen molar-refractivity contribution >= 4 is 51.7 Å². The second-order valence-corrected chi connectivity index (χ2v) is 6.56. The van der Waals surface area contributed by atoms with Gasteiger partial charge in [-0.25, -0.2) is 0 Å². The molecule has 19 heavy (non-hydrogen) atoms. The fourth-order valence-corrected chi connectivity index (χ4v) is 3.28. The highest BCUT2D eigenvalue weighted by molar-refractivity contribution is 14.1. The molecule has 1 unspecified atom stereocenters. The summed E-state index contributed by atoms with van der Waals surface area (Å²) in [5.74, 6) is 0.123. The fourth-order valence-electron chi connectivity index (χ4n) is 2.32. The molecule has 100 valence electrons. The molecule has 1 aliphatic heterocycles. The summed E-state index contributed by atoms with van der Waals surface area (Å²) in [5.41, 5.74) is 0.618. The van der Waals surface area contributed by atoms with Gasteiger partial charge in [-0.15, -0.1) is 0 Å². The number of carbonyl (C=O) groups excluding carboxylic acids is 2. The van der Waals surface area contributed by atoms with Crippen LogP contribution < -0.4 is 10.2 Å². The molecule has 2 aliphatic rings. The molecule has 1 N–H and O–H groups in total. The molecule has 0 bridgehead atoms. The lowest BCUT2D eigenvalue weighted by molar-refractivity contribution is -0.131. The molecular formula is C13H12ClIN2O2. The number of rotatable bonds is 2. The minimum Gasteiger partial charge on any atom is -0.342 e. The van der Waals surface area contributed by atoms with Crippen LogP contribution in [0.5, 0.6) is 0 Å². The van der Waals surface area contributed by atoms with Crippen LogP contribution >= 0.6 is 34.2 Å². The van der Waals surface area contributed by atoms with E-state index in [0.29, 0.717) is 16.6 Å². The van der Waals surface area contributed by atoms with E-state index in [1.54, 1.807) is 12.1 Å². The number of hydrogen-bond acceptors (Lipinski definition) is 2. The molecule has 1 aromatic carbocycles. The summed E-state index contributed by atoms with van der Waals surface area (Å²) in [6.45, 7) is 0.0440. The van der Waals surface area contributed by atoms with Crippen LogP contribution in [0.25, 0.3) is 0 Å². The van der Waals surface area contributed by atoms with Crippen molar-refractivity contribution in [2.24, 2.45) is 5.92 Å². The Morgan fingerprint density at radius 1 is 1.32 bits per heavy atom. The maximum Gasteiger partial charge on any atom is 0.250 e. The van der Waals surface area contributed by atoms with Crippen LogP contribution in [0.15, 0.2) is 18.2 Å². The molecule has 1 saturated heterocycles. The monoisotopic (exact) mass is 390 g/mol. The first-order chi connectivity index (χ1) is 9.06. The highest BCUT2D eigenvalue weighted by Crippen LogP contribution is 2.36.